The van der Waals surface area contributed by atoms with E-state index in [0.717, 1.165) is 23.9 Å². The normalized spacial score (nSPS) is 26.8. The van der Waals surface area contributed by atoms with Gasteiger partial charge in [-0.05, 0) is 25.5 Å². The maximum Gasteiger partial charge on any atom is 0.0931 e. The monoisotopic (exact) mass is 273 g/mol. The third-order valence-corrected chi connectivity index (χ3v) is 4.93. The van der Waals surface area contributed by atoms with Crippen LogP contribution in [0.3, 0.4) is 0 Å². The van der Waals surface area contributed by atoms with Crippen LogP contribution in [0.5, 0.6) is 0 Å². The summed E-state index contributed by atoms with van der Waals surface area (Å²) in [6, 6.07) is 4.59. The summed E-state index contributed by atoms with van der Waals surface area (Å²) in [6.45, 7) is 8.32. The molecule has 0 amide bonds. The molecule has 1 N–H and O–H groups in total. The first-order valence-electron chi connectivity index (χ1n) is 6.13. The predicted octanol–water partition coefficient (Wildman–Crippen LogP) is 3.69. The molecular weight excluding hydrogens is 254 g/mol. The van der Waals surface area contributed by atoms with Gasteiger partial charge in [0, 0.05) is 29.5 Å². The molecule has 1 aliphatic rings. The number of halogens is 1. The van der Waals surface area contributed by atoms with Crippen molar-refractivity contribution in [3.8, 4) is 0 Å². The fourth-order valence-electron chi connectivity index (χ4n) is 2.39. The molecule has 0 saturated heterocycles. The van der Waals surface area contributed by atoms with E-state index in [1.54, 1.807) is 11.3 Å². The van der Waals surface area contributed by atoms with Crippen LogP contribution in [0.2, 0.25) is 4.34 Å². The molecule has 2 unspecified atom stereocenters. The van der Waals surface area contributed by atoms with Crippen molar-refractivity contribution in [2.24, 2.45) is 5.41 Å². The second-order valence-corrected chi connectivity index (χ2v) is 6.94. The molecule has 1 aromatic heterocycles. The van der Waals surface area contributed by atoms with Gasteiger partial charge in [-0.15, -0.1) is 11.3 Å². The molecule has 1 aliphatic carbocycles. The average Bonchev–Trinajstić information content (AvgIpc) is 2.68. The van der Waals surface area contributed by atoms with Gasteiger partial charge in [0.25, 0.3) is 0 Å². The van der Waals surface area contributed by atoms with Crippen molar-refractivity contribution < 1.29 is 4.74 Å². The molecule has 0 aliphatic heterocycles. The summed E-state index contributed by atoms with van der Waals surface area (Å²) in [5.41, 5.74) is 0.233. The number of hydrogen-bond donors (Lipinski definition) is 1. The second kappa shape index (κ2) is 5.27. The fourth-order valence-corrected chi connectivity index (χ4v) is 3.42. The first kappa shape index (κ1) is 13.3. The molecule has 0 aromatic carbocycles. The van der Waals surface area contributed by atoms with Gasteiger partial charge in [-0.25, -0.2) is 0 Å². The van der Waals surface area contributed by atoms with Crippen molar-refractivity contribution in [2.45, 2.75) is 45.9 Å². The molecule has 1 saturated carbocycles. The van der Waals surface area contributed by atoms with Gasteiger partial charge < -0.3 is 10.1 Å². The zero-order valence-corrected chi connectivity index (χ0v) is 12.2. The lowest BCUT2D eigenvalue weighted by Crippen LogP contribution is -2.60. The smallest absolute Gasteiger partial charge is 0.0931 e. The van der Waals surface area contributed by atoms with Crippen LogP contribution in [0.1, 0.15) is 32.1 Å². The lowest BCUT2D eigenvalue weighted by atomic mass is 9.64. The maximum atomic E-state index is 5.91. The van der Waals surface area contributed by atoms with Crippen molar-refractivity contribution in [1.82, 2.24) is 5.32 Å². The molecule has 0 spiro atoms. The highest BCUT2D eigenvalue weighted by Crippen LogP contribution is 2.42. The Morgan fingerprint density at radius 2 is 2.29 bits per heavy atom. The Morgan fingerprint density at radius 1 is 1.53 bits per heavy atom. The lowest BCUT2D eigenvalue weighted by Gasteiger charge is -2.51. The Labute approximate surface area is 112 Å². The summed E-state index contributed by atoms with van der Waals surface area (Å²) in [6.07, 6.45) is 1.51. The highest BCUT2D eigenvalue weighted by molar-refractivity contribution is 7.16. The molecule has 2 nitrogen and oxygen atoms in total. The molecule has 0 bridgehead atoms. The summed E-state index contributed by atoms with van der Waals surface area (Å²) in [7, 11) is 0. The Kier molecular flexibility index (Phi) is 4.14. The van der Waals surface area contributed by atoms with E-state index >= 15 is 0 Å². The number of hydrogen-bond acceptors (Lipinski definition) is 3. The molecule has 1 heterocycles. The van der Waals surface area contributed by atoms with Gasteiger partial charge in [0.15, 0.2) is 0 Å². The molecule has 4 heteroatoms. The maximum absolute atomic E-state index is 5.91. The van der Waals surface area contributed by atoms with Crippen molar-refractivity contribution in [3.63, 3.8) is 0 Å². The highest BCUT2D eigenvalue weighted by atomic mass is 35.5. The molecule has 1 fully saturated rings. The SMILES string of the molecule is CCOC1CC(NCc2ccc(Cl)s2)C1(C)C. The average molecular weight is 274 g/mol. The summed E-state index contributed by atoms with van der Waals surface area (Å²) < 4.78 is 6.58. The summed E-state index contributed by atoms with van der Waals surface area (Å²) in [4.78, 5) is 1.30. The topological polar surface area (TPSA) is 21.3 Å². The minimum absolute atomic E-state index is 0.233. The number of ether oxygens (including phenoxy) is 1. The Balaban J connectivity index is 1.82. The van der Waals surface area contributed by atoms with Gasteiger partial charge in [-0.3, -0.25) is 0 Å². The van der Waals surface area contributed by atoms with Gasteiger partial charge in [-0.1, -0.05) is 25.4 Å². The molecule has 1 aromatic rings. The van der Waals surface area contributed by atoms with Crippen LogP contribution in [0.15, 0.2) is 12.1 Å². The molecular formula is C13H20ClNOS. The second-order valence-electron chi connectivity index (χ2n) is 5.14. The summed E-state index contributed by atoms with van der Waals surface area (Å²) >= 11 is 7.56. The fraction of sp³-hybridized carbons (Fsp3) is 0.692. The standard InChI is InChI=1S/C13H20ClNOS/c1-4-16-11-7-10(13(11,2)3)15-8-9-5-6-12(14)17-9/h5-6,10-11,15H,4,7-8H2,1-3H3. The van der Waals surface area contributed by atoms with Crippen molar-refractivity contribution in [2.75, 3.05) is 6.61 Å². The molecule has 2 rings (SSSR count). The molecule has 2 atom stereocenters. The van der Waals surface area contributed by atoms with Crippen LogP contribution >= 0.6 is 22.9 Å². The number of nitrogens with one attached hydrogen (secondary N) is 1. The third-order valence-electron chi connectivity index (χ3n) is 3.70. The van der Waals surface area contributed by atoms with Crippen molar-refractivity contribution in [3.05, 3.63) is 21.3 Å². The molecule has 0 radical (unpaired) electrons. The minimum Gasteiger partial charge on any atom is -0.378 e. The largest absolute Gasteiger partial charge is 0.378 e. The summed E-state index contributed by atoms with van der Waals surface area (Å²) in [5.74, 6) is 0. The first-order chi connectivity index (χ1) is 8.04. The van der Waals surface area contributed by atoms with Gasteiger partial charge in [0.05, 0.1) is 10.4 Å². The molecule has 17 heavy (non-hydrogen) atoms. The van der Waals surface area contributed by atoms with E-state index in [2.05, 4.69) is 32.2 Å². The minimum atomic E-state index is 0.233. The van der Waals surface area contributed by atoms with E-state index in [1.807, 2.05) is 6.07 Å². The first-order valence-corrected chi connectivity index (χ1v) is 7.32. The predicted molar refractivity (Wildman–Crippen MR) is 73.8 cm³/mol. The van der Waals surface area contributed by atoms with Gasteiger partial charge in [-0.2, -0.15) is 0 Å². The van der Waals surface area contributed by atoms with E-state index in [4.69, 9.17) is 16.3 Å². The van der Waals surface area contributed by atoms with E-state index < -0.39 is 0 Å². The highest BCUT2D eigenvalue weighted by Gasteiger charge is 2.48. The quantitative estimate of drug-likeness (QED) is 0.883. The zero-order valence-electron chi connectivity index (χ0n) is 10.6. The van der Waals surface area contributed by atoms with Gasteiger partial charge >= 0.3 is 0 Å². The van der Waals surface area contributed by atoms with E-state index in [9.17, 15) is 0 Å². The number of thiophene rings is 1. The van der Waals surface area contributed by atoms with E-state index in [-0.39, 0.29) is 5.41 Å². The van der Waals surface area contributed by atoms with Gasteiger partial charge in [0.2, 0.25) is 0 Å². The van der Waals surface area contributed by atoms with Crippen LogP contribution < -0.4 is 5.32 Å². The lowest BCUT2D eigenvalue weighted by molar-refractivity contribution is -0.114. The Bertz CT molecular complexity index is 377. The Morgan fingerprint density at radius 3 is 2.82 bits per heavy atom. The van der Waals surface area contributed by atoms with Crippen LogP contribution in [0.25, 0.3) is 0 Å². The van der Waals surface area contributed by atoms with Crippen LogP contribution in [-0.4, -0.2) is 18.8 Å². The van der Waals surface area contributed by atoms with Crippen LogP contribution in [0, 0.1) is 5.41 Å². The van der Waals surface area contributed by atoms with Crippen molar-refractivity contribution in [1.29, 1.82) is 0 Å². The molecule has 96 valence electrons. The van der Waals surface area contributed by atoms with E-state index in [0.29, 0.717) is 12.1 Å². The Hall–Kier alpha value is -0.0900. The zero-order chi connectivity index (χ0) is 12.5. The van der Waals surface area contributed by atoms with Crippen LogP contribution in [-0.2, 0) is 11.3 Å². The van der Waals surface area contributed by atoms with Crippen molar-refractivity contribution >= 4 is 22.9 Å². The number of rotatable bonds is 5. The summed E-state index contributed by atoms with van der Waals surface area (Å²) in [5, 5.41) is 3.60. The third kappa shape index (κ3) is 2.84. The van der Waals surface area contributed by atoms with E-state index in [1.165, 1.54) is 4.88 Å². The van der Waals surface area contributed by atoms with Crippen LogP contribution in [0.4, 0.5) is 0 Å². The van der Waals surface area contributed by atoms with Gasteiger partial charge in [0.1, 0.15) is 0 Å².